The number of ether oxygens (including phenoxy) is 1. The van der Waals surface area contributed by atoms with Gasteiger partial charge < -0.3 is 4.74 Å². The Hall–Kier alpha value is -2.18. The van der Waals surface area contributed by atoms with Gasteiger partial charge in [0.05, 0.1) is 12.2 Å². The van der Waals surface area contributed by atoms with Gasteiger partial charge in [-0.15, -0.1) is 0 Å². The minimum atomic E-state index is -0.335. The van der Waals surface area contributed by atoms with E-state index in [-0.39, 0.29) is 5.82 Å². The van der Waals surface area contributed by atoms with E-state index in [0.717, 1.165) is 0 Å². The van der Waals surface area contributed by atoms with Gasteiger partial charge in [0.25, 0.3) is 0 Å². The average Bonchev–Trinajstić information content (AvgIpc) is 3.21. The van der Waals surface area contributed by atoms with Crippen molar-refractivity contribution in [1.29, 1.82) is 0 Å². The van der Waals surface area contributed by atoms with Crippen LogP contribution in [0.4, 0.5) is 4.39 Å². The highest BCUT2D eigenvalue weighted by Gasteiger charge is 2.22. The zero-order valence-corrected chi connectivity index (χ0v) is 10.5. The van der Waals surface area contributed by atoms with Gasteiger partial charge in [0, 0.05) is 17.9 Å². The lowest BCUT2D eigenvalue weighted by molar-refractivity contribution is 0.298. The molecule has 0 aliphatic heterocycles. The summed E-state index contributed by atoms with van der Waals surface area (Å²) in [6, 6.07) is 4.34. The molecule has 0 bridgehead atoms. The van der Waals surface area contributed by atoms with Gasteiger partial charge in [-0.2, -0.15) is 0 Å². The standard InChI is InChI=1S/C14H14FN3O/c15-13-6-7-14(19-10-11-4-5-11)12(9-13)3-1-2-8-17-18-16/h6-7,9,11H,2,4-5,8,10H2. The van der Waals surface area contributed by atoms with Crippen LogP contribution in [0.25, 0.3) is 10.4 Å². The summed E-state index contributed by atoms with van der Waals surface area (Å²) in [7, 11) is 0. The predicted octanol–water partition coefficient (Wildman–Crippen LogP) is 3.67. The van der Waals surface area contributed by atoms with E-state index in [4.69, 9.17) is 10.3 Å². The van der Waals surface area contributed by atoms with Gasteiger partial charge in [-0.25, -0.2) is 4.39 Å². The van der Waals surface area contributed by atoms with Crippen LogP contribution in [0.1, 0.15) is 24.8 Å². The Morgan fingerprint density at radius 2 is 2.32 bits per heavy atom. The molecule has 1 aromatic carbocycles. The van der Waals surface area contributed by atoms with Crippen LogP contribution >= 0.6 is 0 Å². The predicted molar refractivity (Wildman–Crippen MR) is 70.1 cm³/mol. The maximum absolute atomic E-state index is 13.2. The van der Waals surface area contributed by atoms with Crippen molar-refractivity contribution in [3.05, 3.63) is 40.0 Å². The number of hydrogen-bond acceptors (Lipinski definition) is 2. The Morgan fingerprint density at radius 1 is 1.47 bits per heavy atom. The molecule has 0 N–H and O–H groups in total. The van der Waals surface area contributed by atoms with Crippen molar-refractivity contribution in [2.45, 2.75) is 19.3 Å². The topological polar surface area (TPSA) is 58.0 Å². The van der Waals surface area contributed by atoms with Crippen LogP contribution in [0, 0.1) is 23.6 Å². The normalized spacial score (nSPS) is 13.1. The van der Waals surface area contributed by atoms with Crippen LogP contribution < -0.4 is 4.74 Å². The fourth-order valence-electron chi connectivity index (χ4n) is 1.53. The molecule has 0 aromatic heterocycles. The van der Waals surface area contributed by atoms with E-state index in [1.807, 2.05) is 0 Å². The Balaban J connectivity index is 2.02. The molecule has 1 aliphatic rings. The van der Waals surface area contributed by atoms with E-state index in [9.17, 15) is 4.39 Å². The maximum Gasteiger partial charge on any atom is 0.135 e. The molecule has 5 heteroatoms. The van der Waals surface area contributed by atoms with Crippen LogP contribution in [0.15, 0.2) is 23.3 Å². The molecule has 0 radical (unpaired) electrons. The van der Waals surface area contributed by atoms with Gasteiger partial charge in [-0.1, -0.05) is 17.0 Å². The van der Waals surface area contributed by atoms with E-state index < -0.39 is 0 Å². The molecule has 98 valence electrons. The average molecular weight is 259 g/mol. The Labute approximate surface area is 111 Å². The van der Waals surface area contributed by atoms with E-state index in [0.29, 0.717) is 36.8 Å². The van der Waals surface area contributed by atoms with E-state index in [1.54, 1.807) is 6.07 Å². The van der Waals surface area contributed by atoms with E-state index in [1.165, 1.54) is 25.0 Å². The zero-order valence-electron chi connectivity index (χ0n) is 10.5. The van der Waals surface area contributed by atoms with E-state index >= 15 is 0 Å². The van der Waals surface area contributed by atoms with Crippen LogP contribution in [-0.4, -0.2) is 13.2 Å². The lowest BCUT2D eigenvalue weighted by atomic mass is 10.2. The van der Waals surface area contributed by atoms with Gasteiger partial charge in [0.1, 0.15) is 11.6 Å². The summed E-state index contributed by atoms with van der Waals surface area (Å²) in [6.45, 7) is 0.982. The van der Waals surface area contributed by atoms with Crippen molar-refractivity contribution < 1.29 is 9.13 Å². The van der Waals surface area contributed by atoms with Crippen molar-refractivity contribution in [2.75, 3.05) is 13.2 Å². The molecule has 0 spiro atoms. The highest BCUT2D eigenvalue weighted by Crippen LogP contribution is 2.30. The van der Waals surface area contributed by atoms with Crippen LogP contribution in [-0.2, 0) is 0 Å². The van der Waals surface area contributed by atoms with Crippen LogP contribution in [0.5, 0.6) is 5.75 Å². The summed E-state index contributed by atoms with van der Waals surface area (Å²) in [5, 5.41) is 3.38. The highest BCUT2D eigenvalue weighted by molar-refractivity contribution is 5.46. The molecular weight excluding hydrogens is 245 g/mol. The smallest absolute Gasteiger partial charge is 0.135 e. The Kier molecular flexibility index (Phi) is 4.66. The summed E-state index contributed by atoms with van der Waals surface area (Å²) in [5.41, 5.74) is 8.67. The van der Waals surface area contributed by atoms with Gasteiger partial charge in [-0.3, -0.25) is 0 Å². The summed E-state index contributed by atoms with van der Waals surface area (Å²) in [5.74, 6) is 6.62. The number of rotatable bonds is 5. The molecule has 2 rings (SSSR count). The Bertz CT molecular complexity index is 552. The molecule has 4 nitrogen and oxygen atoms in total. The molecule has 1 saturated carbocycles. The molecule has 0 saturated heterocycles. The van der Waals surface area contributed by atoms with Gasteiger partial charge >= 0.3 is 0 Å². The maximum atomic E-state index is 13.2. The number of benzene rings is 1. The van der Waals surface area contributed by atoms with Gasteiger partial charge in [-0.05, 0) is 42.5 Å². The minimum Gasteiger partial charge on any atom is -0.492 e. The van der Waals surface area contributed by atoms with E-state index in [2.05, 4.69) is 21.9 Å². The fourth-order valence-corrected chi connectivity index (χ4v) is 1.53. The number of halogens is 1. The van der Waals surface area contributed by atoms with Crippen molar-refractivity contribution in [2.24, 2.45) is 11.0 Å². The molecular formula is C14H14FN3O. The third-order valence-electron chi connectivity index (χ3n) is 2.74. The first kappa shape index (κ1) is 13.3. The monoisotopic (exact) mass is 259 g/mol. The van der Waals surface area contributed by atoms with Crippen molar-refractivity contribution in [3.63, 3.8) is 0 Å². The molecule has 0 unspecified atom stereocenters. The Morgan fingerprint density at radius 3 is 3.05 bits per heavy atom. The SMILES string of the molecule is [N-]=[N+]=NCCC#Cc1cc(F)ccc1OCC1CC1. The van der Waals surface area contributed by atoms with Crippen molar-refractivity contribution in [3.8, 4) is 17.6 Å². The quantitative estimate of drug-likeness (QED) is 0.262. The molecule has 1 aliphatic carbocycles. The summed E-state index contributed by atoms with van der Waals surface area (Å²) >= 11 is 0. The molecule has 0 heterocycles. The second-order valence-corrected chi connectivity index (χ2v) is 4.40. The fraction of sp³-hybridized carbons (Fsp3) is 0.429. The first-order valence-corrected chi connectivity index (χ1v) is 6.21. The molecule has 19 heavy (non-hydrogen) atoms. The minimum absolute atomic E-state index is 0.317. The number of hydrogen-bond donors (Lipinski definition) is 0. The second-order valence-electron chi connectivity index (χ2n) is 4.40. The molecule has 1 aromatic rings. The first-order valence-electron chi connectivity index (χ1n) is 6.21. The van der Waals surface area contributed by atoms with Gasteiger partial charge in [0.2, 0.25) is 0 Å². The summed E-state index contributed by atoms with van der Waals surface area (Å²) < 4.78 is 18.8. The third-order valence-corrected chi connectivity index (χ3v) is 2.74. The zero-order chi connectivity index (χ0) is 13.5. The summed E-state index contributed by atoms with van der Waals surface area (Å²) in [4.78, 5) is 2.64. The largest absolute Gasteiger partial charge is 0.492 e. The van der Waals surface area contributed by atoms with Crippen molar-refractivity contribution in [1.82, 2.24) is 0 Å². The number of azide groups is 1. The van der Waals surface area contributed by atoms with Crippen molar-refractivity contribution >= 4 is 0 Å². The van der Waals surface area contributed by atoms with Crippen LogP contribution in [0.2, 0.25) is 0 Å². The highest BCUT2D eigenvalue weighted by atomic mass is 19.1. The first-order chi connectivity index (χ1) is 9.29. The summed E-state index contributed by atoms with van der Waals surface area (Å²) in [6.07, 6.45) is 2.85. The van der Waals surface area contributed by atoms with Crippen LogP contribution in [0.3, 0.4) is 0 Å². The number of nitrogens with zero attached hydrogens (tertiary/aromatic N) is 3. The third kappa shape index (κ3) is 4.53. The lowest BCUT2D eigenvalue weighted by Gasteiger charge is -2.07. The van der Waals surface area contributed by atoms with Gasteiger partial charge in [0.15, 0.2) is 0 Å². The molecule has 1 fully saturated rings. The molecule has 0 amide bonds. The second kappa shape index (κ2) is 6.67. The molecule has 0 atom stereocenters. The lowest BCUT2D eigenvalue weighted by Crippen LogP contribution is -2.00.